The van der Waals surface area contributed by atoms with E-state index in [9.17, 15) is 0 Å². The largest absolute Gasteiger partial charge is 0.381 e. The summed E-state index contributed by atoms with van der Waals surface area (Å²) in [5.74, 6) is 0. The summed E-state index contributed by atoms with van der Waals surface area (Å²) >= 11 is 0. The summed E-state index contributed by atoms with van der Waals surface area (Å²) in [6, 6.07) is 10.6. The molecule has 0 amide bonds. The van der Waals surface area contributed by atoms with Crippen LogP contribution in [0.4, 0.5) is 5.69 Å². The molecule has 1 aromatic heterocycles. The third-order valence-electron chi connectivity index (χ3n) is 4.57. The molecular weight excluding hydrogens is 262 g/mol. The van der Waals surface area contributed by atoms with Crippen LogP contribution in [0, 0.1) is 0 Å². The van der Waals surface area contributed by atoms with Crippen molar-refractivity contribution >= 4 is 5.69 Å². The van der Waals surface area contributed by atoms with E-state index in [1.807, 2.05) is 4.57 Å². The Labute approximate surface area is 125 Å². The fourth-order valence-corrected chi connectivity index (χ4v) is 3.40. The van der Waals surface area contributed by atoms with E-state index in [-0.39, 0.29) is 0 Å². The van der Waals surface area contributed by atoms with Crippen LogP contribution in [0.5, 0.6) is 0 Å². The summed E-state index contributed by atoms with van der Waals surface area (Å²) in [6.45, 7) is 3.52. The molecule has 2 heterocycles. The van der Waals surface area contributed by atoms with Crippen LogP contribution < -0.4 is 5.32 Å². The van der Waals surface area contributed by atoms with E-state index in [1.54, 1.807) is 12.7 Å². The first-order valence-corrected chi connectivity index (χ1v) is 7.77. The molecule has 0 bridgehead atoms. The van der Waals surface area contributed by atoms with Crippen molar-refractivity contribution < 1.29 is 0 Å². The Bertz CT molecular complexity index is 605. The molecule has 1 aliphatic carbocycles. The van der Waals surface area contributed by atoms with Gasteiger partial charge in [-0.1, -0.05) is 6.07 Å². The third kappa shape index (κ3) is 2.65. The van der Waals surface area contributed by atoms with E-state index < -0.39 is 0 Å². The van der Waals surface area contributed by atoms with Gasteiger partial charge < -0.3 is 5.32 Å². The fourth-order valence-electron chi connectivity index (χ4n) is 3.40. The van der Waals surface area contributed by atoms with Gasteiger partial charge in [0.2, 0.25) is 0 Å². The maximum absolute atomic E-state index is 3.86. The van der Waals surface area contributed by atoms with E-state index in [2.05, 4.69) is 51.6 Å². The average Bonchev–Trinajstić information content (AvgIpc) is 3.04. The Kier molecular flexibility index (Phi) is 3.15. The van der Waals surface area contributed by atoms with Crippen LogP contribution in [-0.2, 0) is 0 Å². The van der Waals surface area contributed by atoms with Gasteiger partial charge in [0, 0.05) is 30.4 Å². The highest BCUT2D eigenvalue weighted by molar-refractivity contribution is 5.51. The highest BCUT2D eigenvalue weighted by Crippen LogP contribution is 2.34. The molecular formula is C16H21N5. The van der Waals surface area contributed by atoms with Crippen LogP contribution >= 0.6 is 0 Å². The van der Waals surface area contributed by atoms with Crippen molar-refractivity contribution in [1.82, 2.24) is 19.7 Å². The van der Waals surface area contributed by atoms with Crippen LogP contribution in [0.3, 0.4) is 0 Å². The molecule has 2 aromatic rings. The molecule has 1 saturated heterocycles. The summed E-state index contributed by atoms with van der Waals surface area (Å²) in [4.78, 5) is 2.67. The van der Waals surface area contributed by atoms with Gasteiger partial charge in [0.1, 0.15) is 12.7 Å². The Balaban J connectivity index is 1.46. The fraction of sp³-hybridized carbons (Fsp3) is 0.500. The van der Waals surface area contributed by atoms with Gasteiger partial charge in [0.25, 0.3) is 0 Å². The highest BCUT2D eigenvalue weighted by atomic mass is 15.3. The number of anilines is 1. The molecule has 1 aliphatic heterocycles. The van der Waals surface area contributed by atoms with Gasteiger partial charge in [0.15, 0.2) is 0 Å². The molecule has 4 rings (SSSR count). The van der Waals surface area contributed by atoms with Crippen LogP contribution in [0.1, 0.15) is 26.2 Å². The zero-order chi connectivity index (χ0) is 14.2. The lowest BCUT2D eigenvalue weighted by Gasteiger charge is -2.20. The minimum atomic E-state index is 0.553. The maximum Gasteiger partial charge on any atom is 0.123 e. The van der Waals surface area contributed by atoms with Crippen molar-refractivity contribution in [3.8, 4) is 5.69 Å². The monoisotopic (exact) mass is 283 g/mol. The van der Waals surface area contributed by atoms with Crippen molar-refractivity contribution in [2.45, 2.75) is 44.3 Å². The van der Waals surface area contributed by atoms with Gasteiger partial charge in [0.05, 0.1) is 5.69 Å². The summed E-state index contributed by atoms with van der Waals surface area (Å²) in [5.41, 5.74) is 2.27. The molecule has 0 unspecified atom stereocenters. The number of hydrogen-bond donors (Lipinski definition) is 1. The van der Waals surface area contributed by atoms with Gasteiger partial charge >= 0.3 is 0 Å². The maximum atomic E-state index is 3.86. The normalized spacial score (nSPS) is 26.1. The average molecular weight is 283 g/mol. The number of likely N-dealkylation sites (tertiary alicyclic amines) is 1. The second-order valence-electron chi connectivity index (χ2n) is 6.27. The lowest BCUT2D eigenvalue weighted by molar-refractivity contribution is 0.257. The molecule has 1 aromatic carbocycles. The van der Waals surface area contributed by atoms with E-state index >= 15 is 0 Å². The predicted molar refractivity (Wildman–Crippen MR) is 82.6 cm³/mol. The lowest BCUT2D eigenvalue weighted by Crippen LogP contribution is -2.31. The minimum Gasteiger partial charge on any atom is -0.381 e. The molecule has 21 heavy (non-hydrogen) atoms. The smallest absolute Gasteiger partial charge is 0.123 e. The van der Waals surface area contributed by atoms with Crippen LogP contribution in [0.15, 0.2) is 36.9 Å². The predicted octanol–water partition coefficient (Wildman–Crippen LogP) is 2.30. The van der Waals surface area contributed by atoms with E-state index in [1.165, 1.54) is 31.5 Å². The molecule has 2 aliphatic rings. The molecule has 5 heteroatoms. The van der Waals surface area contributed by atoms with Crippen molar-refractivity contribution in [1.29, 1.82) is 0 Å². The molecule has 5 nitrogen and oxygen atoms in total. The number of benzene rings is 1. The van der Waals surface area contributed by atoms with Gasteiger partial charge in [-0.3, -0.25) is 9.47 Å². The lowest BCUT2D eigenvalue weighted by atomic mass is 10.2. The van der Waals surface area contributed by atoms with E-state index in [4.69, 9.17) is 0 Å². The molecule has 1 saturated carbocycles. The minimum absolute atomic E-state index is 0.553. The molecule has 110 valence electrons. The molecule has 1 N–H and O–H groups in total. The van der Waals surface area contributed by atoms with Gasteiger partial charge in [-0.25, -0.2) is 0 Å². The van der Waals surface area contributed by atoms with E-state index in [0.29, 0.717) is 12.1 Å². The van der Waals surface area contributed by atoms with Crippen molar-refractivity contribution in [2.75, 3.05) is 11.9 Å². The number of hydrogen-bond acceptors (Lipinski definition) is 4. The van der Waals surface area contributed by atoms with Crippen molar-refractivity contribution in [2.24, 2.45) is 0 Å². The second kappa shape index (κ2) is 5.15. The zero-order valence-electron chi connectivity index (χ0n) is 12.3. The first-order chi connectivity index (χ1) is 10.3. The first kappa shape index (κ1) is 12.8. The Hall–Kier alpha value is -1.88. The molecule has 0 radical (unpaired) electrons. The Morgan fingerprint density at radius 3 is 2.76 bits per heavy atom. The van der Waals surface area contributed by atoms with Gasteiger partial charge in [-0.05, 0) is 44.4 Å². The van der Waals surface area contributed by atoms with Crippen molar-refractivity contribution in [3.05, 3.63) is 36.9 Å². The number of nitrogens with one attached hydrogen (secondary N) is 1. The standard InChI is InChI=1S/C16H21N5/c1-12-7-14(9-21(12)15-5-6-15)19-13-3-2-4-16(8-13)20-10-17-18-11-20/h2-4,8,10-12,14-15,19H,5-7,9H2,1H3/t12-,14-/m0/s1. The molecule has 2 fully saturated rings. The zero-order valence-corrected chi connectivity index (χ0v) is 12.3. The summed E-state index contributed by atoms with van der Waals surface area (Å²) in [5, 5.41) is 11.4. The van der Waals surface area contributed by atoms with Crippen LogP contribution in [-0.4, -0.2) is 44.3 Å². The highest BCUT2D eigenvalue weighted by Gasteiger charge is 2.38. The second-order valence-corrected chi connectivity index (χ2v) is 6.27. The van der Waals surface area contributed by atoms with E-state index in [0.717, 1.165) is 11.7 Å². The summed E-state index contributed by atoms with van der Waals surface area (Å²) < 4.78 is 1.93. The van der Waals surface area contributed by atoms with Gasteiger partial charge in [-0.15, -0.1) is 10.2 Å². The summed E-state index contributed by atoms with van der Waals surface area (Å²) in [6.07, 6.45) is 7.46. The Morgan fingerprint density at radius 2 is 2.00 bits per heavy atom. The quantitative estimate of drug-likeness (QED) is 0.935. The van der Waals surface area contributed by atoms with Crippen LogP contribution in [0.25, 0.3) is 5.69 Å². The summed E-state index contributed by atoms with van der Waals surface area (Å²) in [7, 11) is 0. The molecule has 2 atom stereocenters. The Morgan fingerprint density at radius 1 is 1.19 bits per heavy atom. The van der Waals surface area contributed by atoms with Crippen LogP contribution in [0.2, 0.25) is 0 Å². The number of rotatable bonds is 4. The number of aromatic nitrogens is 3. The molecule has 0 spiro atoms. The topological polar surface area (TPSA) is 46.0 Å². The van der Waals surface area contributed by atoms with Crippen molar-refractivity contribution in [3.63, 3.8) is 0 Å². The first-order valence-electron chi connectivity index (χ1n) is 7.77. The number of nitrogens with zero attached hydrogens (tertiary/aromatic N) is 4. The van der Waals surface area contributed by atoms with Gasteiger partial charge in [-0.2, -0.15) is 0 Å². The SMILES string of the molecule is C[C@H]1C[C@H](Nc2cccc(-n3cnnc3)c2)CN1C1CC1. The third-order valence-corrected chi connectivity index (χ3v) is 4.57.